The van der Waals surface area contributed by atoms with Crippen LogP contribution in [0.15, 0.2) is 12.2 Å². The summed E-state index contributed by atoms with van der Waals surface area (Å²) in [5, 5.41) is 9.50. The second-order valence-corrected chi connectivity index (χ2v) is 11.6. The van der Waals surface area contributed by atoms with Gasteiger partial charge in [-0.2, -0.15) is 0 Å². The molecule has 5 nitrogen and oxygen atoms in total. The number of carbonyl (C=O) groups excluding carboxylic acids is 2. The number of unbranched alkanes of at least 4 members (excludes halogenated alkanes) is 21. The third-order valence-electron chi connectivity index (χ3n) is 7.56. The van der Waals surface area contributed by atoms with Gasteiger partial charge in [0.15, 0.2) is 6.10 Å². The van der Waals surface area contributed by atoms with Crippen molar-refractivity contribution in [1.82, 2.24) is 0 Å². The zero-order valence-corrected chi connectivity index (χ0v) is 26.6. The lowest BCUT2D eigenvalue weighted by Gasteiger charge is -2.15. The molecule has 0 bridgehead atoms. The molecule has 0 saturated carbocycles. The van der Waals surface area contributed by atoms with Gasteiger partial charge in [-0.05, 0) is 38.5 Å². The normalized spacial score (nSPS) is 12.2. The van der Waals surface area contributed by atoms with Crippen molar-refractivity contribution in [1.29, 1.82) is 0 Å². The molecule has 0 spiro atoms. The molecular formula is C35H66O5. The smallest absolute Gasteiger partial charge is 0.306 e. The number of aliphatic hydroxyl groups is 1. The van der Waals surface area contributed by atoms with Crippen molar-refractivity contribution in [3.8, 4) is 0 Å². The van der Waals surface area contributed by atoms with Crippen molar-refractivity contribution < 1.29 is 24.2 Å². The SMILES string of the molecule is CCCCCC/C=C\CCCCCCCC(=O)OCC(CO)OC(=O)CCCCCCCCCCCCCCC. The average molecular weight is 567 g/mol. The summed E-state index contributed by atoms with van der Waals surface area (Å²) >= 11 is 0. The standard InChI is InChI=1S/C35H66O5/c1-3-5-7-9-11-13-15-17-19-21-23-25-27-29-34(37)39-32-33(31-36)40-35(38)30-28-26-24-22-20-18-16-14-12-10-8-6-4-2/h13,15,33,36H,3-12,14,16-32H2,1-2H3/b15-13-. The molecule has 0 amide bonds. The number of esters is 2. The van der Waals surface area contributed by atoms with E-state index in [4.69, 9.17) is 9.47 Å². The van der Waals surface area contributed by atoms with E-state index in [9.17, 15) is 14.7 Å². The summed E-state index contributed by atoms with van der Waals surface area (Å²) in [6, 6.07) is 0. The first-order valence-electron chi connectivity index (χ1n) is 17.2. The van der Waals surface area contributed by atoms with Crippen LogP contribution in [-0.2, 0) is 19.1 Å². The lowest BCUT2D eigenvalue weighted by atomic mass is 10.0. The summed E-state index contributed by atoms with van der Waals surface area (Å²) in [7, 11) is 0. The Morgan fingerprint density at radius 3 is 1.38 bits per heavy atom. The highest BCUT2D eigenvalue weighted by atomic mass is 16.6. The molecule has 1 atom stereocenters. The Kier molecular flexibility index (Phi) is 31.1. The average Bonchev–Trinajstić information content (AvgIpc) is 2.96. The van der Waals surface area contributed by atoms with Crippen molar-refractivity contribution in [2.75, 3.05) is 13.2 Å². The summed E-state index contributed by atoms with van der Waals surface area (Å²) < 4.78 is 10.5. The van der Waals surface area contributed by atoms with Crippen LogP contribution in [0.4, 0.5) is 0 Å². The quantitative estimate of drug-likeness (QED) is 0.0513. The van der Waals surface area contributed by atoms with Gasteiger partial charge in [0, 0.05) is 12.8 Å². The van der Waals surface area contributed by atoms with E-state index in [1.807, 2.05) is 0 Å². The zero-order chi connectivity index (χ0) is 29.4. The maximum atomic E-state index is 12.1. The number of carbonyl (C=O) groups is 2. The molecule has 0 heterocycles. The number of ether oxygens (including phenoxy) is 2. The molecule has 0 rings (SSSR count). The predicted molar refractivity (Wildman–Crippen MR) is 168 cm³/mol. The first-order chi connectivity index (χ1) is 19.6. The van der Waals surface area contributed by atoms with Crippen LogP contribution in [0.25, 0.3) is 0 Å². The number of hydrogen-bond acceptors (Lipinski definition) is 5. The summed E-state index contributed by atoms with van der Waals surface area (Å²) in [5.74, 6) is -0.596. The van der Waals surface area contributed by atoms with Crippen LogP contribution in [0.2, 0.25) is 0 Å². The largest absolute Gasteiger partial charge is 0.462 e. The molecule has 0 aromatic rings. The number of aliphatic hydroxyl groups excluding tert-OH is 1. The molecule has 0 saturated heterocycles. The maximum absolute atomic E-state index is 12.1. The monoisotopic (exact) mass is 566 g/mol. The molecule has 0 aromatic carbocycles. The molecule has 0 aliphatic heterocycles. The highest BCUT2D eigenvalue weighted by molar-refractivity contribution is 5.70. The molecule has 236 valence electrons. The molecule has 0 aliphatic rings. The third-order valence-corrected chi connectivity index (χ3v) is 7.56. The van der Waals surface area contributed by atoms with Crippen LogP contribution in [0.3, 0.4) is 0 Å². The molecule has 0 aromatic heterocycles. The topological polar surface area (TPSA) is 72.8 Å². The van der Waals surface area contributed by atoms with Crippen molar-refractivity contribution in [2.24, 2.45) is 0 Å². The molecular weight excluding hydrogens is 500 g/mol. The lowest BCUT2D eigenvalue weighted by molar-refractivity contribution is -0.161. The Bertz CT molecular complexity index is 574. The van der Waals surface area contributed by atoms with Gasteiger partial charge in [0.1, 0.15) is 6.61 Å². The third kappa shape index (κ3) is 29.6. The van der Waals surface area contributed by atoms with E-state index in [1.54, 1.807) is 0 Å². The minimum atomic E-state index is -0.766. The van der Waals surface area contributed by atoms with E-state index < -0.39 is 6.10 Å². The van der Waals surface area contributed by atoms with E-state index >= 15 is 0 Å². The number of allylic oxidation sites excluding steroid dienone is 2. The van der Waals surface area contributed by atoms with Crippen molar-refractivity contribution in [2.45, 2.75) is 187 Å². The second-order valence-electron chi connectivity index (χ2n) is 11.6. The van der Waals surface area contributed by atoms with Crippen LogP contribution in [-0.4, -0.2) is 36.4 Å². The molecule has 0 aliphatic carbocycles. The molecule has 1 unspecified atom stereocenters. The van der Waals surface area contributed by atoms with Crippen LogP contribution in [0.1, 0.15) is 181 Å². The van der Waals surface area contributed by atoms with Crippen LogP contribution in [0, 0.1) is 0 Å². The minimum absolute atomic E-state index is 0.0650. The fourth-order valence-corrected chi connectivity index (χ4v) is 4.90. The highest BCUT2D eigenvalue weighted by Crippen LogP contribution is 2.14. The summed E-state index contributed by atoms with van der Waals surface area (Å²) in [4.78, 5) is 24.1. The van der Waals surface area contributed by atoms with Gasteiger partial charge in [0.05, 0.1) is 6.61 Å². The van der Waals surface area contributed by atoms with Crippen molar-refractivity contribution >= 4 is 11.9 Å². The molecule has 0 radical (unpaired) electrons. The van der Waals surface area contributed by atoms with E-state index in [0.717, 1.165) is 44.9 Å². The van der Waals surface area contributed by atoms with E-state index in [2.05, 4.69) is 26.0 Å². The second kappa shape index (κ2) is 32.2. The summed E-state index contributed by atoms with van der Waals surface area (Å²) in [6.45, 7) is 4.11. The molecule has 5 heteroatoms. The fourth-order valence-electron chi connectivity index (χ4n) is 4.90. The Balaban J connectivity index is 3.57. The minimum Gasteiger partial charge on any atom is -0.462 e. The van der Waals surface area contributed by atoms with E-state index in [1.165, 1.54) is 109 Å². The zero-order valence-electron chi connectivity index (χ0n) is 26.6. The molecule has 1 N–H and O–H groups in total. The van der Waals surface area contributed by atoms with Gasteiger partial charge in [-0.3, -0.25) is 9.59 Å². The van der Waals surface area contributed by atoms with Gasteiger partial charge in [-0.15, -0.1) is 0 Å². The van der Waals surface area contributed by atoms with Crippen LogP contribution < -0.4 is 0 Å². The predicted octanol–water partition coefficient (Wildman–Crippen LogP) is 10.2. The van der Waals surface area contributed by atoms with Gasteiger partial charge in [0.25, 0.3) is 0 Å². The van der Waals surface area contributed by atoms with Gasteiger partial charge in [-0.1, -0.05) is 142 Å². The van der Waals surface area contributed by atoms with Crippen LogP contribution in [0.5, 0.6) is 0 Å². The Morgan fingerprint density at radius 1 is 0.550 bits per heavy atom. The first kappa shape index (κ1) is 38.6. The van der Waals surface area contributed by atoms with Gasteiger partial charge < -0.3 is 14.6 Å². The van der Waals surface area contributed by atoms with E-state index in [-0.39, 0.29) is 25.2 Å². The van der Waals surface area contributed by atoms with Gasteiger partial charge >= 0.3 is 11.9 Å². The van der Waals surface area contributed by atoms with Crippen molar-refractivity contribution in [3.63, 3.8) is 0 Å². The number of rotatable bonds is 31. The lowest BCUT2D eigenvalue weighted by Crippen LogP contribution is -2.28. The highest BCUT2D eigenvalue weighted by Gasteiger charge is 2.16. The van der Waals surface area contributed by atoms with Crippen molar-refractivity contribution in [3.05, 3.63) is 12.2 Å². The van der Waals surface area contributed by atoms with Crippen LogP contribution >= 0.6 is 0 Å². The van der Waals surface area contributed by atoms with Gasteiger partial charge in [0.2, 0.25) is 0 Å². The molecule has 40 heavy (non-hydrogen) atoms. The molecule has 0 fully saturated rings. The Hall–Kier alpha value is -1.36. The van der Waals surface area contributed by atoms with E-state index in [0.29, 0.717) is 12.8 Å². The fraction of sp³-hybridized carbons (Fsp3) is 0.886. The maximum Gasteiger partial charge on any atom is 0.306 e. The Morgan fingerprint density at radius 2 is 0.925 bits per heavy atom. The number of hydrogen-bond donors (Lipinski definition) is 1. The summed E-state index contributed by atoms with van der Waals surface area (Å²) in [6.07, 6.45) is 34.0. The summed E-state index contributed by atoms with van der Waals surface area (Å²) in [5.41, 5.74) is 0. The first-order valence-corrected chi connectivity index (χ1v) is 17.2. The Labute approximate surface area is 248 Å². The van der Waals surface area contributed by atoms with Gasteiger partial charge in [-0.25, -0.2) is 0 Å².